The van der Waals surface area contributed by atoms with E-state index in [1.807, 2.05) is 0 Å². The summed E-state index contributed by atoms with van der Waals surface area (Å²) >= 11 is 1.40. The SMILES string of the molecule is CSCC[C@H](NC(=O)CNC(=O)[C@H](C)N)C(=O)N[C@@H](CC(=O)O)C(=O)O. The molecule has 11 nitrogen and oxygen atoms in total. The van der Waals surface area contributed by atoms with Crippen molar-refractivity contribution < 1.29 is 34.2 Å². The van der Waals surface area contributed by atoms with Gasteiger partial charge in [-0.3, -0.25) is 19.2 Å². The lowest BCUT2D eigenvalue weighted by atomic mass is 10.1. The van der Waals surface area contributed by atoms with Gasteiger partial charge >= 0.3 is 11.9 Å². The van der Waals surface area contributed by atoms with Crippen molar-refractivity contribution >= 4 is 41.4 Å². The fraction of sp³-hybridized carbons (Fsp3) is 0.643. The van der Waals surface area contributed by atoms with E-state index in [4.69, 9.17) is 15.9 Å². The fourth-order valence-corrected chi connectivity index (χ4v) is 2.20. The lowest BCUT2D eigenvalue weighted by Gasteiger charge is -2.21. The molecule has 0 spiro atoms. The number of aliphatic carboxylic acids is 2. The topological polar surface area (TPSA) is 188 Å². The summed E-state index contributed by atoms with van der Waals surface area (Å²) in [6, 6.07) is -3.49. The van der Waals surface area contributed by atoms with Crippen LogP contribution in [0.5, 0.6) is 0 Å². The van der Waals surface area contributed by atoms with Gasteiger partial charge in [-0.2, -0.15) is 11.8 Å². The summed E-state index contributed by atoms with van der Waals surface area (Å²) in [5, 5.41) is 24.4. The number of hydrogen-bond donors (Lipinski definition) is 6. The van der Waals surface area contributed by atoms with Gasteiger partial charge < -0.3 is 31.9 Å². The molecule has 0 aliphatic rings. The Balaban J connectivity index is 4.86. The minimum absolute atomic E-state index is 0.194. The molecule has 0 aliphatic carbocycles. The van der Waals surface area contributed by atoms with Crippen molar-refractivity contribution in [1.82, 2.24) is 16.0 Å². The average molecular weight is 392 g/mol. The molecule has 0 heterocycles. The zero-order chi connectivity index (χ0) is 20.3. The number of carbonyl (C=O) groups excluding carboxylic acids is 3. The van der Waals surface area contributed by atoms with E-state index in [1.165, 1.54) is 18.7 Å². The van der Waals surface area contributed by atoms with Crippen LogP contribution in [0.3, 0.4) is 0 Å². The zero-order valence-electron chi connectivity index (χ0n) is 14.5. The van der Waals surface area contributed by atoms with Crippen molar-refractivity contribution in [1.29, 1.82) is 0 Å². The van der Waals surface area contributed by atoms with Crippen molar-refractivity contribution in [3.8, 4) is 0 Å². The summed E-state index contributed by atoms with van der Waals surface area (Å²) < 4.78 is 0. The van der Waals surface area contributed by atoms with E-state index < -0.39 is 60.8 Å². The Hall–Kier alpha value is -2.34. The van der Waals surface area contributed by atoms with Gasteiger partial charge in [0, 0.05) is 0 Å². The molecule has 0 aromatic heterocycles. The maximum atomic E-state index is 12.2. The van der Waals surface area contributed by atoms with Crippen LogP contribution in [0.15, 0.2) is 0 Å². The van der Waals surface area contributed by atoms with Gasteiger partial charge in [-0.05, 0) is 25.4 Å². The van der Waals surface area contributed by atoms with Crippen molar-refractivity contribution in [3.05, 3.63) is 0 Å². The lowest BCUT2D eigenvalue weighted by Crippen LogP contribution is -2.54. The second-order valence-corrected chi connectivity index (χ2v) is 6.39. The highest BCUT2D eigenvalue weighted by atomic mass is 32.2. The molecule has 0 bridgehead atoms. The van der Waals surface area contributed by atoms with Gasteiger partial charge in [0.15, 0.2) is 0 Å². The van der Waals surface area contributed by atoms with Crippen LogP contribution in [-0.2, 0) is 24.0 Å². The van der Waals surface area contributed by atoms with Crippen molar-refractivity contribution in [2.24, 2.45) is 5.73 Å². The van der Waals surface area contributed by atoms with Gasteiger partial charge in [0.1, 0.15) is 12.1 Å². The molecule has 0 aromatic carbocycles. The molecule has 0 saturated heterocycles. The third-order valence-corrected chi connectivity index (χ3v) is 3.74. The molecular weight excluding hydrogens is 368 g/mol. The van der Waals surface area contributed by atoms with Gasteiger partial charge in [-0.15, -0.1) is 0 Å². The van der Waals surface area contributed by atoms with Crippen LogP contribution in [0.4, 0.5) is 0 Å². The standard InChI is InChI=1S/C14H24N4O7S/c1-7(15)12(22)16-6-10(19)17-8(3-4-26-2)13(23)18-9(14(24)25)5-11(20)21/h7-9H,3-6,15H2,1-2H3,(H,16,22)(H,17,19)(H,18,23)(H,20,21)(H,24,25)/t7-,8-,9-/m0/s1. The predicted molar refractivity (Wildman–Crippen MR) is 93.4 cm³/mol. The third kappa shape index (κ3) is 9.84. The predicted octanol–water partition coefficient (Wildman–Crippen LogP) is -2.27. The normalized spacial score (nSPS) is 13.8. The summed E-state index contributed by atoms with van der Waals surface area (Å²) in [7, 11) is 0. The van der Waals surface area contributed by atoms with Crippen molar-refractivity contribution in [3.63, 3.8) is 0 Å². The first-order chi connectivity index (χ1) is 12.1. The molecule has 7 N–H and O–H groups in total. The molecule has 0 saturated carbocycles. The number of carbonyl (C=O) groups is 5. The highest BCUT2D eigenvalue weighted by molar-refractivity contribution is 7.98. The molecule has 0 aliphatic heterocycles. The van der Waals surface area contributed by atoms with E-state index in [0.717, 1.165) is 0 Å². The Morgan fingerprint density at radius 1 is 1.04 bits per heavy atom. The average Bonchev–Trinajstić information content (AvgIpc) is 2.54. The summed E-state index contributed by atoms with van der Waals surface area (Å²) in [5.41, 5.74) is 5.35. The molecular formula is C14H24N4O7S. The van der Waals surface area contributed by atoms with E-state index in [-0.39, 0.29) is 6.42 Å². The molecule has 0 rings (SSSR count). The van der Waals surface area contributed by atoms with E-state index >= 15 is 0 Å². The zero-order valence-corrected chi connectivity index (χ0v) is 15.3. The van der Waals surface area contributed by atoms with E-state index in [2.05, 4.69) is 16.0 Å². The van der Waals surface area contributed by atoms with Gasteiger partial charge in [0.2, 0.25) is 17.7 Å². The van der Waals surface area contributed by atoms with Crippen molar-refractivity contribution in [2.75, 3.05) is 18.6 Å². The second-order valence-electron chi connectivity index (χ2n) is 5.41. The lowest BCUT2D eigenvalue weighted by molar-refractivity contribution is -0.147. The Morgan fingerprint density at radius 3 is 2.12 bits per heavy atom. The molecule has 148 valence electrons. The molecule has 26 heavy (non-hydrogen) atoms. The number of carboxylic acid groups (broad SMARTS) is 2. The fourth-order valence-electron chi connectivity index (χ4n) is 1.73. The summed E-state index contributed by atoms with van der Waals surface area (Å²) in [5.74, 6) is -4.43. The molecule has 3 atom stereocenters. The largest absolute Gasteiger partial charge is 0.481 e. The van der Waals surface area contributed by atoms with Crippen LogP contribution in [0, 0.1) is 0 Å². The summed E-state index contributed by atoms with van der Waals surface area (Å²) in [6.45, 7) is 1.04. The molecule has 3 amide bonds. The molecule has 0 fully saturated rings. The molecule has 0 unspecified atom stereocenters. The number of rotatable bonds is 12. The summed E-state index contributed by atoms with van der Waals surface area (Å²) in [6.07, 6.45) is 1.18. The van der Waals surface area contributed by atoms with Crippen LogP contribution in [0.2, 0.25) is 0 Å². The van der Waals surface area contributed by atoms with E-state index in [0.29, 0.717) is 5.75 Å². The van der Waals surface area contributed by atoms with Crippen LogP contribution in [-0.4, -0.2) is 76.6 Å². The number of nitrogens with two attached hydrogens (primary N) is 1. The monoisotopic (exact) mass is 392 g/mol. The minimum Gasteiger partial charge on any atom is -0.481 e. The maximum absolute atomic E-state index is 12.2. The number of hydrogen-bond acceptors (Lipinski definition) is 7. The quantitative estimate of drug-likeness (QED) is 0.213. The van der Waals surface area contributed by atoms with E-state index in [9.17, 15) is 24.0 Å². The Bertz CT molecular complexity index is 541. The number of thioether (sulfide) groups is 1. The minimum atomic E-state index is -1.62. The first-order valence-corrected chi connectivity index (χ1v) is 9.04. The smallest absolute Gasteiger partial charge is 0.326 e. The summed E-state index contributed by atoms with van der Waals surface area (Å²) in [4.78, 5) is 57.2. The van der Waals surface area contributed by atoms with Gasteiger partial charge in [0.25, 0.3) is 0 Å². The van der Waals surface area contributed by atoms with Crippen LogP contribution >= 0.6 is 11.8 Å². The highest BCUT2D eigenvalue weighted by Crippen LogP contribution is 2.03. The van der Waals surface area contributed by atoms with Gasteiger partial charge in [0.05, 0.1) is 19.0 Å². The molecule has 12 heteroatoms. The molecule has 0 radical (unpaired) electrons. The number of carboxylic acids is 2. The first-order valence-electron chi connectivity index (χ1n) is 7.65. The first kappa shape index (κ1) is 23.7. The second kappa shape index (κ2) is 12.1. The number of nitrogens with one attached hydrogen (secondary N) is 3. The van der Waals surface area contributed by atoms with Crippen molar-refractivity contribution in [2.45, 2.75) is 37.9 Å². The van der Waals surface area contributed by atoms with Gasteiger partial charge in [-0.1, -0.05) is 0 Å². The number of amides is 3. The Labute approximate surface area is 154 Å². The van der Waals surface area contributed by atoms with Gasteiger partial charge in [-0.25, -0.2) is 4.79 Å². The highest BCUT2D eigenvalue weighted by Gasteiger charge is 2.28. The van der Waals surface area contributed by atoms with Crippen LogP contribution in [0.1, 0.15) is 19.8 Å². The molecule has 0 aromatic rings. The Morgan fingerprint density at radius 2 is 1.65 bits per heavy atom. The van der Waals surface area contributed by atoms with Crippen LogP contribution < -0.4 is 21.7 Å². The van der Waals surface area contributed by atoms with E-state index in [1.54, 1.807) is 6.26 Å². The van der Waals surface area contributed by atoms with Crippen LogP contribution in [0.25, 0.3) is 0 Å². The Kier molecular flexibility index (Phi) is 11.0. The third-order valence-electron chi connectivity index (χ3n) is 3.09. The maximum Gasteiger partial charge on any atom is 0.326 e.